The third-order valence-corrected chi connectivity index (χ3v) is 3.01. The minimum atomic E-state index is 0.140. The van der Waals surface area contributed by atoms with Gasteiger partial charge in [-0.2, -0.15) is 0 Å². The third kappa shape index (κ3) is 2.51. The Balaban J connectivity index is 2.03. The summed E-state index contributed by atoms with van der Waals surface area (Å²) in [6, 6.07) is 8.09. The van der Waals surface area contributed by atoms with Crippen LogP contribution in [0.4, 0.5) is 0 Å². The summed E-state index contributed by atoms with van der Waals surface area (Å²) in [6.45, 7) is 3.88. The van der Waals surface area contributed by atoms with E-state index in [1.54, 1.807) is 6.08 Å². The average Bonchev–Trinajstić information content (AvgIpc) is 2.81. The number of amides is 1. The molecule has 0 spiro atoms. The van der Waals surface area contributed by atoms with Crippen LogP contribution in [0.5, 0.6) is 0 Å². The first-order valence-electron chi connectivity index (χ1n) is 5.80. The summed E-state index contributed by atoms with van der Waals surface area (Å²) in [5.41, 5.74) is 2.32. The Morgan fingerprint density at radius 2 is 1.94 bits per heavy atom. The molecule has 1 aliphatic heterocycles. The van der Waals surface area contributed by atoms with E-state index in [4.69, 9.17) is 0 Å². The van der Waals surface area contributed by atoms with Crippen molar-refractivity contribution in [2.45, 2.75) is 19.8 Å². The molecule has 2 heteroatoms. The first kappa shape index (κ1) is 10.9. The monoisotopic (exact) mass is 215 g/mol. The Morgan fingerprint density at radius 3 is 2.62 bits per heavy atom. The summed E-state index contributed by atoms with van der Waals surface area (Å²) in [5, 5.41) is 0. The number of rotatable bonds is 2. The molecule has 1 saturated heterocycles. The maximum absolute atomic E-state index is 11.8. The van der Waals surface area contributed by atoms with Crippen molar-refractivity contribution in [1.82, 2.24) is 4.90 Å². The quantitative estimate of drug-likeness (QED) is 0.694. The van der Waals surface area contributed by atoms with E-state index in [0.29, 0.717) is 0 Å². The Bertz CT molecular complexity index is 403. The Kier molecular flexibility index (Phi) is 3.40. The van der Waals surface area contributed by atoms with Crippen LogP contribution in [0.1, 0.15) is 24.0 Å². The van der Waals surface area contributed by atoms with Gasteiger partial charge in [0, 0.05) is 19.2 Å². The molecule has 1 aromatic rings. The second-order valence-corrected chi connectivity index (χ2v) is 4.22. The number of carbonyl (C=O) groups excluding carboxylic acids is 1. The van der Waals surface area contributed by atoms with Crippen molar-refractivity contribution in [2.24, 2.45) is 0 Å². The Hall–Kier alpha value is -1.57. The molecule has 0 atom stereocenters. The zero-order chi connectivity index (χ0) is 11.4. The molecule has 1 aliphatic rings. The standard InChI is InChI=1S/C14H17NO/c1-12-6-2-3-7-13(12)8-9-14(16)15-10-4-5-11-15/h2-3,6-9H,4-5,10-11H2,1H3. The molecular formula is C14H17NO. The average molecular weight is 215 g/mol. The summed E-state index contributed by atoms with van der Waals surface area (Å²) in [5.74, 6) is 0.140. The van der Waals surface area contributed by atoms with Crippen molar-refractivity contribution < 1.29 is 4.79 Å². The lowest BCUT2D eigenvalue weighted by molar-refractivity contribution is -0.124. The van der Waals surface area contributed by atoms with E-state index in [-0.39, 0.29) is 5.91 Å². The van der Waals surface area contributed by atoms with E-state index in [2.05, 4.69) is 13.0 Å². The number of carbonyl (C=O) groups is 1. The smallest absolute Gasteiger partial charge is 0.246 e. The molecule has 0 N–H and O–H groups in total. The molecule has 2 nitrogen and oxygen atoms in total. The molecule has 16 heavy (non-hydrogen) atoms. The van der Waals surface area contributed by atoms with E-state index in [1.165, 1.54) is 5.56 Å². The molecule has 0 saturated carbocycles. The third-order valence-electron chi connectivity index (χ3n) is 3.01. The van der Waals surface area contributed by atoms with Gasteiger partial charge in [-0.3, -0.25) is 4.79 Å². The molecule has 0 aromatic heterocycles. The van der Waals surface area contributed by atoms with Crippen LogP contribution in [0.15, 0.2) is 30.3 Å². The van der Waals surface area contributed by atoms with E-state index in [9.17, 15) is 4.79 Å². The number of hydrogen-bond acceptors (Lipinski definition) is 1. The van der Waals surface area contributed by atoms with Crippen molar-refractivity contribution in [3.8, 4) is 0 Å². The van der Waals surface area contributed by atoms with Gasteiger partial charge in [0.1, 0.15) is 0 Å². The minimum Gasteiger partial charge on any atom is -0.339 e. The molecule has 1 amide bonds. The van der Waals surface area contributed by atoms with Crippen LogP contribution in [0.3, 0.4) is 0 Å². The van der Waals surface area contributed by atoms with Crippen LogP contribution in [-0.4, -0.2) is 23.9 Å². The maximum atomic E-state index is 11.8. The topological polar surface area (TPSA) is 20.3 Å². The first-order valence-corrected chi connectivity index (χ1v) is 5.80. The van der Waals surface area contributed by atoms with Crippen LogP contribution in [0, 0.1) is 6.92 Å². The van der Waals surface area contributed by atoms with E-state index in [1.807, 2.05) is 29.2 Å². The molecular weight excluding hydrogens is 198 g/mol. The largest absolute Gasteiger partial charge is 0.339 e. The van der Waals surface area contributed by atoms with Crippen LogP contribution < -0.4 is 0 Å². The Morgan fingerprint density at radius 1 is 1.25 bits per heavy atom. The lowest BCUT2D eigenvalue weighted by Gasteiger charge is -2.11. The van der Waals surface area contributed by atoms with Crippen LogP contribution in [0.25, 0.3) is 6.08 Å². The summed E-state index contributed by atoms with van der Waals surface area (Å²) in [7, 11) is 0. The SMILES string of the molecule is Cc1ccccc1C=CC(=O)N1CCCC1. The fourth-order valence-corrected chi connectivity index (χ4v) is 1.98. The minimum absolute atomic E-state index is 0.140. The Labute approximate surface area is 96.6 Å². The van der Waals surface area contributed by atoms with Crippen molar-refractivity contribution in [3.05, 3.63) is 41.5 Å². The highest BCUT2D eigenvalue weighted by Gasteiger charge is 2.14. The lowest BCUT2D eigenvalue weighted by atomic mass is 10.1. The zero-order valence-corrected chi connectivity index (χ0v) is 9.65. The normalized spacial score (nSPS) is 15.9. The highest BCUT2D eigenvalue weighted by atomic mass is 16.2. The van der Waals surface area contributed by atoms with Gasteiger partial charge in [0.25, 0.3) is 0 Å². The summed E-state index contributed by atoms with van der Waals surface area (Å²) in [4.78, 5) is 13.7. The molecule has 1 fully saturated rings. The second-order valence-electron chi connectivity index (χ2n) is 4.22. The molecule has 0 aliphatic carbocycles. The van der Waals surface area contributed by atoms with Crippen molar-refractivity contribution in [1.29, 1.82) is 0 Å². The van der Waals surface area contributed by atoms with E-state index >= 15 is 0 Å². The van der Waals surface area contributed by atoms with Gasteiger partial charge in [-0.25, -0.2) is 0 Å². The lowest BCUT2D eigenvalue weighted by Crippen LogP contribution is -2.25. The van der Waals surface area contributed by atoms with Gasteiger partial charge in [-0.05, 0) is 37.0 Å². The molecule has 0 bridgehead atoms. The highest BCUT2D eigenvalue weighted by molar-refractivity contribution is 5.92. The predicted octanol–water partition coefficient (Wildman–Crippen LogP) is 2.63. The summed E-state index contributed by atoms with van der Waals surface area (Å²) < 4.78 is 0. The van der Waals surface area contributed by atoms with Crippen LogP contribution in [-0.2, 0) is 4.79 Å². The van der Waals surface area contributed by atoms with E-state index < -0.39 is 0 Å². The second kappa shape index (κ2) is 4.97. The maximum Gasteiger partial charge on any atom is 0.246 e. The molecule has 2 rings (SSSR count). The first-order chi connectivity index (χ1) is 7.77. The number of hydrogen-bond donors (Lipinski definition) is 0. The van der Waals surface area contributed by atoms with E-state index in [0.717, 1.165) is 31.5 Å². The van der Waals surface area contributed by atoms with Gasteiger partial charge in [0.2, 0.25) is 5.91 Å². The predicted molar refractivity (Wildman–Crippen MR) is 66.0 cm³/mol. The molecule has 0 unspecified atom stereocenters. The van der Waals surface area contributed by atoms with Gasteiger partial charge in [-0.1, -0.05) is 24.3 Å². The van der Waals surface area contributed by atoms with Crippen LogP contribution in [0.2, 0.25) is 0 Å². The summed E-state index contributed by atoms with van der Waals surface area (Å²) >= 11 is 0. The van der Waals surface area contributed by atoms with Gasteiger partial charge in [0.05, 0.1) is 0 Å². The molecule has 1 heterocycles. The van der Waals surface area contributed by atoms with Crippen molar-refractivity contribution in [3.63, 3.8) is 0 Å². The number of nitrogens with zero attached hydrogens (tertiary/aromatic N) is 1. The fraction of sp³-hybridized carbons (Fsp3) is 0.357. The molecule has 0 radical (unpaired) electrons. The zero-order valence-electron chi connectivity index (χ0n) is 9.65. The van der Waals surface area contributed by atoms with Crippen molar-refractivity contribution >= 4 is 12.0 Å². The molecule has 84 valence electrons. The number of likely N-dealkylation sites (tertiary alicyclic amines) is 1. The van der Waals surface area contributed by atoms with Gasteiger partial charge in [0.15, 0.2) is 0 Å². The van der Waals surface area contributed by atoms with Gasteiger partial charge >= 0.3 is 0 Å². The number of benzene rings is 1. The van der Waals surface area contributed by atoms with Crippen molar-refractivity contribution in [2.75, 3.05) is 13.1 Å². The number of aryl methyl sites for hydroxylation is 1. The summed E-state index contributed by atoms with van der Waals surface area (Å²) in [6.07, 6.45) is 5.89. The fourth-order valence-electron chi connectivity index (χ4n) is 1.98. The van der Waals surface area contributed by atoms with Crippen LogP contribution >= 0.6 is 0 Å². The highest BCUT2D eigenvalue weighted by Crippen LogP contribution is 2.11. The molecule has 1 aromatic carbocycles. The van der Waals surface area contributed by atoms with Gasteiger partial charge < -0.3 is 4.90 Å². The van der Waals surface area contributed by atoms with Gasteiger partial charge in [-0.15, -0.1) is 0 Å².